The predicted octanol–water partition coefficient (Wildman–Crippen LogP) is 6.08. The number of aryl methyl sites for hydroxylation is 3. The SMILES string of the molecule is CCc1ccc(NC(=O)N2CCN(c3nc(Cc4ccccc4)nc4sc5c(c34)CCCC5)CC2)cc1. The third kappa shape index (κ3) is 5.05. The van der Waals surface area contributed by atoms with E-state index >= 15 is 0 Å². The molecule has 1 aliphatic carbocycles. The zero-order valence-electron chi connectivity index (χ0n) is 21.4. The maximum Gasteiger partial charge on any atom is 0.321 e. The molecule has 2 aliphatic rings. The topological polar surface area (TPSA) is 61.4 Å². The lowest BCUT2D eigenvalue weighted by molar-refractivity contribution is 0.208. The first-order valence-corrected chi connectivity index (χ1v) is 14.2. The van der Waals surface area contributed by atoms with Gasteiger partial charge in [0.1, 0.15) is 16.5 Å². The van der Waals surface area contributed by atoms with Crippen LogP contribution in [-0.2, 0) is 25.7 Å². The number of urea groups is 1. The Labute approximate surface area is 222 Å². The number of thiophene rings is 1. The van der Waals surface area contributed by atoms with E-state index in [9.17, 15) is 4.79 Å². The van der Waals surface area contributed by atoms with Crippen molar-refractivity contribution in [2.75, 3.05) is 36.4 Å². The van der Waals surface area contributed by atoms with Crippen LogP contribution in [0.5, 0.6) is 0 Å². The lowest BCUT2D eigenvalue weighted by Crippen LogP contribution is -2.50. The number of piperazine rings is 1. The lowest BCUT2D eigenvalue weighted by atomic mass is 9.96. The summed E-state index contributed by atoms with van der Waals surface area (Å²) >= 11 is 1.86. The molecule has 0 saturated carbocycles. The van der Waals surface area contributed by atoms with E-state index in [2.05, 4.69) is 53.5 Å². The molecule has 0 unspecified atom stereocenters. The number of fused-ring (bicyclic) bond motifs is 3. The minimum atomic E-state index is -0.0330. The van der Waals surface area contributed by atoms with Crippen LogP contribution in [0, 0.1) is 0 Å². The van der Waals surface area contributed by atoms with Gasteiger partial charge in [-0.1, -0.05) is 49.4 Å². The molecule has 0 bridgehead atoms. The van der Waals surface area contributed by atoms with Crippen molar-refractivity contribution >= 4 is 39.1 Å². The molecule has 1 N–H and O–H groups in total. The Balaban J connectivity index is 1.23. The van der Waals surface area contributed by atoms with Gasteiger partial charge >= 0.3 is 6.03 Å². The quantitative estimate of drug-likeness (QED) is 0.353. The van der Waals surface area contributed by atoms with Gasteiger partial charge in [0.15, 0.2) is 0 Å². The highest BCUT2D eigenvalue weighted by Gasteiger charge is 2.27. The summed E-state index contributed by atoms with van der Waals surface area (Å²) in [5, 5.41) is 4.32. The number of nitrogens with one attached hydrogen (secondary N) is 1. The van der Waals surface area contributed by atoms with Crippen molar-refractivity contribution in [1.82, 2.24) is 14.9 Å². The average Bonchev–Trinajstić information content (AvgIpc) is 3.32. The van der Waals surface area contributed by atoms with E-state index in [1.54, 1.807) is 0 Å². The highest BCUT2D eigenvalue weighted by atomic mass is 32.1. The van der Waals surface area contributed by atoms with Gasteiger partial charge in [-0.3, -0.25) is 0 Å². The number of hydrogen-bond acceptors (Lipinski definition) is 5. The van der Waals surface area contributed by atoms with Crippen molar-refractivity contribution in [3.8, 4) is 0 Å². The Morgan fingerprint density at radius 3 is 2.43 bits per heavy atom. The number of carbonyl (C=O) groups excluding carboxylic acids is 1. The number of amides is 2. The second-order valence-corrected chi connectivity index (χ2v) is 11.1. The molecule has 6 rings (SSSR count). The third-order valence-electron chi connectivity index (χ3n) is 7.53. The Kier molecular flexibility index (Phi) is 6.79. The minimum absolute atomic E-state index is 0.0330. The van der Waals surface area contributed by atoms with Crippen molar-refractivity contribution in [2.45, 2.75) is 45.4 Å². The van der Waals surface area contributed by atoms with Crippen LogP contribution in [0.4, 0.5) is 16.3 Å². The third-order valence-corrected chi connectivity index (χ3v) is 8.71. The molecule has 0 radical (unpaired) electrons. The molecule has 2 aromatic carbocycles. The first-order chi connectivity index (χ1) is 18.2. The van der Waals surface area contributed by atoms with Gasteiger partial charge in [-0.25, -0.2) is 14.8 Å². The first-order valence-electron chi connectivity index (χ1n) is 13.4. The fourth-order valence-corrected chi connectivity index (χ4v) is 6.69. The van der Waals surface area contributed by atoms with Crippen LogP contribution in [-0.4, -0.2) is 47.1 Å². The van der Waals surface area contributed by atoms with E-state index in [0.29, 0.717) is 13.1 Å². The van der Waals surface area contributed by atoms with Crippen molar-refractivity contribution in [3.63, 3.8) is 0 Å². The summed E-state index contributed by atoms with van der Waals surface area (Å²) in [4.78, 5) is 30.1. The standard InChI is InChI=1S/C30H33N5OS/c1-2-21-12-14-23(15-13-21)31-30(36)35-18-16-34(17-19-35)28-27-24-10-6-7-11-25(24)37-29(27)33-26(32-28)20-22-8-4-3-5-9-22/h3-5,8-9,12-15H,2,6-7,10-11,16-20H2,1H3,(H,31,36). The molecule has 1 fully saturated rings. The molecule has 2 aromatic heterocycles. The molecular formula is C30H33N5OS. The highest BCUT2D eigenvalue weighted by Crippen LogP contribution is 2.40. The van der Waals surface area contributed by atoms with Gasteiger partial charge in [-0.2, -0.15) is 0 Å². The van der Waals surface area contributed by atoms with Crippen molar-refractivity contribution < 1.29 is 4.79 Å². The van der Waals surface area contributed by atoms with E-state index in [0.717, 1.165) is 60.9 Å². The highest BCUT2D eigenvalue weighted by molar-refractivity contribution is 7.19. The molecular weight excluding hydrogens is 478 g/mol. The monoisotopic (exact) mass is 511 g/mol. The number of anilines is 2. The molecule has 37 heavy (non-hydrogen) atoms. The number of hydrogen-bond donors (Lipinski definition) is 1. The Bertz CT molecular complexity index is 1390. The van der Waals surface area contributed by atoms with E-state index in [1.807, 2.05) is 34.4 Å². The maximum absolute atomic E-state index is 13.0. The summed E-state index contributed by atoms with van der Waals surface area (Å²) in [6.45, 7) is 5.01. The largest absolute Gasteiger partial charge is 0.352 e. The predicted molar refractivity (Wildman–Crippen MR) is 152 cm³/mol. The summed E-state index contributed by atoms with van der Waals surface area (Å²) in [6.07, 6.45) is 6.48. The molecule has 1 aliphatic heterocycles. The van der Waals surface area contributed by atoms with Gasteiger partial charge < -0.3 is 15.1 Å². The second-order valence-electron chi connectivity index (χ2n) is 9.97. The fraction of sp³-hybridized carbons (Fsp3) is 0.367. The van der Waals surface area contributed by atoms with E-state index in [-0.39, 0.29) is 6.03 Å². The van der Waals surface area contributed by atoms with Crippen molar-refractivity contribution in [3.05, 3.63) is 82.0 Å². The molecule has 4 aromatic rings. The molecule has 2 amide bonds. The molecule has 3 heterocycles. The van der Waals surface area contributed by atoms with Crippen LogP contribution in [0.25, 0.3) is 10.2 Å². The minimum Gasteiger partial charge on any atom is -0.352 e. The second kappa shape index (κ2) is 10.5. The van der Waals surface area contributed by atoms with Gasteiger partial charge in [0, 0.05) is 43.2 Å². The zero-order valence-corrected chi connectivity index (χ0v) is 22.2. The zero-order chi connectivity index (χ0) is 25.2. The van der Waals surface area contributed by atoms with Crippen molar-refractivity contribution in [1.29, 1.82) is 0 Å². The molecule has 7 heteroatoms. The smallest absolute Gasteiger partial charge is 0.321 e. The molecule has 6 nitrogen and oxygen atoms in total. The number of nitrogens with zero attached hydrogens (tertiary/aromatic N) is 4. The summed E-state index contributed by atoms with van der Waals surface area (Å²) < 4.78 is 0. The molecule has 190 valence electrons. The number of aromatic nitrogens is 2. The molecule has 0 atom stereocenters. The summed E-state index contributed by atoms with van der Waals surface area (Å²) in [6, 6.07) is 18.5. The van der Waals surface area contributed by atoms with Crippen LogP contribution in [0.3, 0.4) is 0 Å². The number of benzene rings is 2. The average molecular weight is 512 g/mol. The summed E-state index contributed by atoms with van der Waals surface area (Å²) in [5.74, 6) is 1.94. The van der Waals surface area contributed by atoms with Crippen LogP contribution >= 0.6 is 11.3 Å². The summed E-state index contributed by atoms with van der Waals surface area (Å²) in [7, 11) is 0. The van der Waals surface area contributed by atoms with Gasteiger partial charge in [0.2, 0.25) is 0 Å². The Hall–Kier alpha value is -3.45. The van der Waals surface area contributed by atoms with Gasteiger partial charge in [-0.15, -0.1) is 11.3 Å². The molecule has 1 saturated heterocycles. The fourth-order valence-electron chi connectivity index (χ4n) is 5.42. The lowest BCUT2D eigenvalue weighted by Gasteiger charge is -2.36. The Morgan fingerprint density at radius 2 is 1.68 bits per heavy atom. The maximum atomic E-state index is 13.0. The van der Waals surface area contributed by atoms with E-state index in [4.69, 9.17) is 9.97 Å². The summed E-state index contributed by atoms with van der Waals surface area (Å²) in [5.41, 5.74) is 4.80. The molecule has 0 spiro atoms. The van der Waals surface area contributed by atoms with Crippen LogP contribution in [0.1, 0.15) is 47.2 Å². The first kappa shape index (κ1) is 23.9. The van der Waals surface area contributed by atoms with Crippen LogP contribution in [0.15, 0.2) is 54.6 Å². The Morgan fingerprint density at radius 1 is 0.919 bits per heavy atom. The van der Waals surface area contributed by atoms with Gasteiger partial charge in [0.05, 0.1) is 5.39 Å². The van der Waals surface area contributed by atoms with E-state index < -0.39 is 0 Å². The van der Waals surface area contributed by atoms with Gasteiger partial charge in [-0.05, 0) is 60.9 Å². The van der Waals surface area contributed by atoms with Crippen LogP contribution < -0.4 is 10.2 Å². The number of rotatable bonds is 5. The number of carbonyl (C=O) groups is 1. The van der Waals surface area contributed by atoms with Crippen LogP contribution in [0.2, 0.25) is 0 Å². The van der Waals surface area contributed by atoms with E-state index in [1.165, 1.54) is 39.8 Å². The normalized spacial score (nSPS) is 15.6. The van der Waals surface area contributed by atoms with Crippen molar-refractivity contribution in [2.24, 2.45) is 0 Å². The van der Waals surface area contributed by atoms with Gasteiger partial charge in [0.25, 0.3) is 0 Å².